The average molecular weight is 534 g/mol. The molecule has 4 rings (SSSR count). The lowest BCUT2D eigenvalue weighted by Crippen LogP contribution is -2.46. The Morgan fingerprint density at radius 1 is 1.09 bits per heavy atom. The van der Waals surface area contributed by atoms with E-state index in [0.29, 0.717) is 27.8 Å². The van der Waals surface area contributed by atoms with Crippen molar-refractivity contribution in [2.45, 2.75) is 0 Å². The van der Waals surface area contributed by atoms with Gasteiger partial charge in [-0.25, -0.2) is 15.0 Å². The number of halogens is 2. The zero-order valence-electron chi connectivity index (χ0n) is 16.9. The molecule has 1 fully saturated rings. The molecular weight excluding hydrogens is 521 g/mol. The smallest absolute Gasteiger partial charge is 0.338 e. The summed E-state index contributed by atoms with van der Waals surface area (Å²) >= 11 is 18.0. The fourth-order valence-corrected chi connectivity index (χ4v) is 4.45. The Labute approximate surface area is 212 Å². The summed E-state index contributed by atoms with van der Waals surface area (Å²) in [5.74, 6) is -0.988. The second kappa shape index (κ2) is 9.90. The van der Waals surface area contributed by atoms with Crippen LogP contribution in [0.25, 0.3) is 17.4 Å². The first-order valence-electron chi connectivity index (χ1n) is 9.46. The first kappa shape index (κ1) is 23.8. The Morgan fingerprint density at radius 2 is 1.85 bits per heavy atom. The lowest BCUT2D eigenvalue weighted by atomic mass is 10.1. The van der Waals surface area contributed by atoms with Gasteiger partial charge in [0, 0.05) is 17.3 Å². The van der Waals surface area contributed by atoms with E-state index >= 15 is 0 Å². The maximum Gasteiger partial charge on any atom is 0.338 e. The number of hydrogen-bond donors (Lipinski definition) is 3. The fraction of sp³-hybridized carbons (Fsp3) is 0. The van der Waals surface area contributed by atoms with Crippen molar-refractivity contribution in [2.75, 3.05) is 5.32 Å². The van der Waals surface area contributed by atoms with Crippen molar-refractivity contribution in [3.8, 4) is 11.3 Å². The van der Waals surface area contributed by atoms with E-state index in [2.05, 4.69) is 10.7 Å². The predicted octanol–water partition coefficient (Wildman–Crippen LogP) is 5.89. The number of hydrazine groups is 1. The molecule has 0 bridgehead atoms. The monoisotopic (exact) mass is 533 g/mol. The molecule has 3 aromatic rings. The molecule has 0 aliphatic carbocycles. The highest BCUT2D eigenvalue weighted by Gasteiger charge is 2.34. The SMILES string of the molecule is O=C(Nc1ccc(Cl)c(Cl)c1)NN1C(=O)/C(=C\c2ccc(-c3ccccc3C(=O)O)o2)SC1=S. The van der Waals surface area contributed by atoms with Crippen LogP contribution >= 0.6 is 47.2 Å². The number of urea groups is 1. The Bertz CT molecular complexity index is 1370. The van der Waals surface area contributed by atoms with Crippen molar-refractivity contribution in [2.24, 2.45) is 0 Å². The summed E-state index contributed by atoms with van der Waals surface area (Å²) in [6.45, 7) is 0. The van der Waals surface area contributed by atoms with Gasteiger partial charge in [0.05, 0.1) is 20.5 Å². The number of furan rings is 1. The summed E-state index contributed by atoms with van der Waals surface area (Å²) in [7, 11) is 0. The number of thiocarbonyl (C=S) groups is 1. The molecule has 1 saturated heterocycles. The molecule has 0 unspecified atom stereocenters. The van der Waals surface area contributed by atoms with Gasteiger partial charge in [-0.1, -0.05) is 53.2 Å². The Kier molecular flexibility index (Phi) is 6.94. The number of rotatable bonds is 5. The highest BCUT2D eigenvalue weighted by atomic mass is 35.5. The van der Waals surface area contributed by atoms with E-state index in [1.54, 1.807) is 36.4 Å². The number of anilines is 1. The normalized spacial score (nSPS) is 14.5. The van der Waals surface area contributed by atoms with Gasteiger partial charge in [-0.15, -0.1) is 0 Å². The van der Waals surface area contributed by atoms with Gasteiger partial charge in [-0.3, -0.25) is 4.79 Å². The summed E-state index contributed by atoms with van der Waals surface area (Å²) in [5, 5.41) is 13.4. The maximum absolute atomic E-state index is 12.8. The van der Waals surface area contributed by atoms with E-state index in [1.165, 1.54) is 24.3 Å². The summed E-state index contributed by atoms with van der Waals surface area (Å²) in [4.78, 5) is 36.8. The van der Waals surface area contributed by atoms with Crippen LogP contribution in [0.3, 0.4) is 0 Å². The average Bonchev–Trinajstić information content (AvgIpc) is 3.36. The van der Waals surface area contributed by atoms with Gasteiger partial charge < -0.3 is 14.8 Å². The summed E-state index contributed by atoms with van der Waals surface area (Å²) in [6, 6.07) is 13.5. The van der Waals surface area contributed by atoms with E-state index in [1.807, 2.05) is 0 Å². The highest BCUT2D eigenvalue weighted by Crippen LogP contribution is 2.33. The zero-order chi connectivity index (χ0) is 24.4. The van der Waals surface area contributed by atoms with Gasteiger partial charge in [0.15, 0.2) is 4.32 Å². The van der Waals surface area contributed by atoms with Crippen molar-refractivity contribution in [3.05, 3.63) is 80.9 Å². The third kappa shape index (κ3) is 5.10. The molecule has 12 heteroatoms. The topological polar surface area (TPSA) is 112 Å². The van der Waals surface area contributed by atoms with Crippen molar-refractivity contribution < 1.29 is 23.9 Å². The maximum atomic E-state index is 12.8. The molecule has 172 valence electrons. The quantitative estimate of drug-likeness (QED) is 0.277. The first-order valence-corrected chi connectivity index (χ1v) is 11.4. The van der Waals surface area contributed by atoms with Gasteiger partial charge in [0.2, 0.25) is 0 Å². The number of thioether (sulfide) groups is 1. The summed E-state index contributed by atoms with van der Waals surface area (Å²) in [5.41, 5.74) is 3.25. The minimum Gasteiger partial charge on any atom is -0.478 e. The molecule has 1 aliphatic rings. The van der Waals surface area contributed by atoms with Crippen LogP contribution in [0.1, 0.15) is 16.1 Å². The molecule has 34 heavy (non-hydrogen) atoms. The minimum absolute atomic E-state index is 0.0897. The molecule has 0 atom stereocenters. The van der Waals surface area contributed by atoms with Crippen molar-refractivity contribution in [1.29, 1.82) is 0 Å². The van der Waals surface area contributed by atoms with Gasteiger partial charge in [0.25, 0.3) is 5.91 Å². The fourth-order valence-electron chi connectivity index (χ4n) is 2.99. The molecule has 0 radical (unpaired) electrons. The minimum atomic E-state index is -1.08. The van der Waals surface area contributed by atoms with Gasteiger partial charge in [-0.2, -0.15) is 5.01 Å². The number of carbonyl (C=O) groups is 3. The van der Waals surface area contributed by atoms with Crippen LogP contribution < -0.4 is 10.7 Å². The number of carbonyl (C=O) groups excluding carboxylic acids is 2. The number of nitrogens with one attached hydrogen (secondary N) is 2. The van der Waals surface area contributed by atoms with Crippen LogP contribution in [0.4, 0.5) is 10.5 Å². The van der Waals surface area contributed by atoms with Crippen molar-refractivity contribution in [1.82, 2.24) is 10.4 Å². The molecule has 1 aliphatic heterocycles. The molecule has 3 amide bonds. The van der Waals surface area contributed by atoms with Crippen LogP contribution in [0.2, 0.25) is 10.0 Å². The lowest BCUT2D eigenvalue weighted by Gasteiger charge is -2.16. The number of benzene rings is 2. The third-order valence-electron chi connectivity index (χ3n) is 4.51. The molecule has 3 N–H and O–H groups in total. The number of carboxylic acids is 1. The Balaban J connectivity index is 1.48. The van der Waals surface area contributed by atoms with E-state index < -0.39 is 17.9 Å². The molecule has 2 aromatic carbocycles. The van der Waals surface area contributed by atoms with E-state index in [-0.39, 0.29) is 19.8 Å². The summed E-state index contributed by atoms with van der Waals surface area (Å²) < 4.78 is 5.85. The Morgan fingerprint density at radius 3 is 2.59 bits per heavy atom. The van der Waals surface area contributed by atoms with Crippen LogP contribution in [0.5, 0.6) is 0 Å². The third-order valence-corrected chi connectivity index (χ3v) is 6.55. The van der Waals surface area contributed by atoms with Gasteiger partial charge >= 0.3 is 12.0 Å². The van der Waals surface area contributed by atoms with E-state index in [0.717, 1.165) is 16.8 Å². The molecule has 8 nitrogen and oxygen atoms in total. The second-order valence-electron chi connectivity index (χ2n) is 6.76. The van der Waals surface area contributed by atoms with E-state index in [4.69, 9.17) is 39.8 Å². The molecule has 0 spiro atoms. The van der Waals surface area contributed by atoms with Crippen LogP contribution in [-0.2, 0) is 4.79 Å². The zero-order valence-corrected chi connectivity index (χ0v) is 20.0. The Hall–Kier alpha value is -3.31. The summed E-state index contributed by atoms with van der Waals surface area (Å²) in [6.07, 6.45) is 1.46. The van der Waals surface area contributed by atoms with E-state index in [9.17, 15) is 19.5 Å². The second-order valence-corrected chi connectivity index (χ2v) is 9.25. The predicted molar refractivity (Wildman–Crippen MR) is 135 cm³/mol. The van der Waals surface area contributed by atoms with Crippen LogP contribution in [0.15, 0.2) is 63.9 Å². The number of hydrogen-bond acceptors (Lipinski definition) is 6. The van der Waals surface area contributed by atoms with Gasteiger partial charge in [-0.05, 0) is 48.6 Å². The molecular formula is C22H13Cl2N3O5S2. The van der Waals surface area contributed by atoms with Gasteiger partial charge in [0.1, 0.15) is 11.5 Å². The number of carboxylic acid groups (broad SMARTS) is 1. The number of aromatic carboxylic acids is 1. The van der Waals surface area contributed by atoms with Crippen LogP contribution in [-0.4, -0.2) is 32.3 Å². The number of amides is 3. The molecule has 1 aromatic heterocycles. The molecule has 2 heterocycles. The first-order chi connectivity index (χ1) is 16.2. The van der Waals surface area contributed by atoms with Crippen LogP contribution in [0, 0.1) is 0 Å². The lowest BCUT2D eigenvalue weighted by molar-refractivity contribution is -0.123. The number of nitrogens with zero attached hydrogens (tertiary/aromatic N) is 1. The highest BCUT2D eigenvalue weighted by molar-refractivity contribution is 8.26. The molecule has 0 saturated carbocycles. The van der Waals surface area contributed by atoms with Crippen molar-refractivity contribution >= 4 is 81.2 Å². The van der Waals surface area contributed by atoms with Crippen molar-refractivity contribution in [3.63, 3.8) is 0 Å². The largest absolute Gasteiger partial charge is 0.478 e. The standard InChI is InChI=1S/C22H13Cl2N3O5S2/c23-15-7-5-11(9-16(15)24)25-21(31)26-27-19(28)18(34-22(27)33)10-12-6-8-17(32-12)13-3-1-2-4-14(13)20(29)30/h1-10H,(H,29,30)(H2,25,26,31)/b18-10+.